The minimum atomic E-state index is 0.524. The number of hydrogen-bond donors (Lipinski definition) is 1. The fourth-order valence-electron chi connectivity index (χ4n) is 1.72. The lowest BCUT2D eigenvalue weighted by Crippen LogP contribution is -2.40. The molecule has 0 saturated carbocycles. The van der Waals surface area contributed by atoms with Gasteiger partial charge in [-0.05, 0) is 18.6 Å². The van der Waals surface area contributed by atoms with Crippen molar-refractivity contribution in [1.29, 1.82) is 0 Å². The van der Waals surface area contributed by atoms with E-state index in [1.807, 2.05) is 0 Å². The molecule has 1 saturated heterocycles. The van der Waals surface area contributed by atoms with Gasteiger partial charge >= 0.3 is 0 Å². The third-order valence-corrected chi connectivity index (χ3v) is 4.01. The van der Waals surface area contributed by atoms with Gasteiger partial charge in [-0.1, -0.05) is 13.8 Å². The predicted octanol–water partition coefficient (Wildman–Crippen LogP) is 2.27. The fraction of sp³-hybridized carbons (Fsp3) is 0.818. The third kappa shape index (κ3) is 3.25. The number of thioether (sulfide) groups is 1. The van der Waals surface area contributed by atoms with Gasteiger partial charge in [-0.15, -0.1) is 12.3 Å². The van der Waals surface area contributed by atoms with E-state index in [4.69, 9.17) is 6.42 Å². The molecular formula is C11H19NS. The molecule has 0 aromatic rings. The van der Waals surface area contributed by atoms with Crippen molar-refractivity contribution >= 4 is 11.8 Å². The van der Waals surface area contributed by atoms with Crippen LogP contribution in [0, 0.1) is 12.3 Å². The Bertz CT molecular complexity index is 185. The smallest absolute Gasteiger partial charge is 0.0240 e. The van der Waals surface area contributed by atoms with E-state index in [1.165, 1.54) is 12.2 Å². The molecule has 1 N–H and O–H groups in total. The predicted molar refractivity (Wildman–Crippen MR) is 61.0 cm³/mol. The summed E-state index contributed by atoms with van der Waals surface area (Å²) >= 11 is 2.06. The summed E-state index contributed by atoms with van der Waals surface area (Å²) in [5.74, 6) is 4.04. The first-order valence-electron chi connectivity index (χ1n) is 5.09. The standard InChI is InChI=1S/C11H19NS/c1-4-6-10(5-2)12-11-7-8-13-9(11)3/h1,9-12H,5-8H2,2-3H3. The molecule has 0 spiro atoms. The number of rotatable bonds is 4. The van der Waals surface area contributed by atoms with Crippen LogP contribution in [0.2, 0.25) is 0 Å². The van der Waals surface area contributed by atoms with Gasteiger partial charge in [0, 0.05) is 23.8 Å². The maximum absolute atomic E-state index is 5.32. The molecule has 0 aliphatic carbocycles. The highest BCUT2D eigenvalue weighted by Crippen LogP contribution is 2.26. The highest BCUT2D eigenvalue weighted by Gasteiger charge is 2.25. The Labute approximate surface area is 86.1 Å². The first kappa shape index (κ1) is 10.9. The van der Waals surface area contributed by atoms with Gasteiger partial charge < -0.3 is 5.32 Å². The molecule has 1 nitrogen and oxygen atoms in total. The molecule has 0 aromatic heterocycles. The van der Waals surface area contributed by atoms with Crippen molar-refractivity contribution in [3.05, 3.63) is 0 Å². The SMILES string of the molecule is C#CCC(CC)NC1CCSC1C. The van der Waals surface area contributed by atoms with Gasteiger partial charge in [0.15, 0.2) is 0 Å². The van der Waals surface area contributed by atoms with Gasteiger partial charge in [-0.3, -0.25) is 0 Å². The zero-order valence-electron chi connectivity index (χ0n) is 8.55. The van der Waals surface area contributed by atoms with Crippen molar-refractivity contribution < 1.29 is 0 Å². The Balaban J connectivity index is 2.32. The van der Waals surface area contributed by atoms with Crippen LogP contribution < -0.4 is 5.32 Å². The average molecular weight is 197 g/mol. The topological polar surface area (TPSA) is 12.0 Å². The minimum Gasteiger partial charge on any atom is -0.309 e. The molecule has 0 radical (unpaired) electrons. The highest BCUT2D eigenvalue weighted by molar-refractivity contribution is 8.00. The molecule has 74 valence electrons. The maximum Gasteiger partial charge on any atom is 0.0240 e. The van der Waals surface area contributed by atoms with E-state index in [0.29, 0.717) is 12.1 Å². The molecule has 2 heteroatoms. The van der Waals surface area contributed by atoms with Crippen molar-refractivity contribution in [2.75, 3.05) is 5.75 Å². The summed E-state index contributed by atoms with van der Waals surface area (Å²) in [6.45, 7) is 4.50. The summed E-state index contributed by atoms with van der Waals surface area (Å²) in [6, 6.07) is 1.21. The number of hydrogen-bond acceptors (Lipinski definition) is 2. The normalized spacial score (nSPS) is 29.9. The molecular weight excluding hydrogens is 178 g/mol. The van der Waals surface area contributed by atoms with Crippen molar-refractivity contribution in [3.8, 4) is 12.3 Å². The second-order valence-electron chi connectivity index (χ2n) is 3.65. The van der Waals surface area contributed by atoms with E-state index in [1.54, 1.807) is 0 Å². The lowest BCUT2D eigenvalue weighted by atomic mass is 10.1. The first-order chi connectivity index (χ1) is 6.27. The summed E-state index contributed by atoms with van der Waals surface area (Å²) in [4.78, 5) is 0. The number of nitrogens with one attached hydrogen (secondary N) is 1. The molecule has 1 aliphatic rings. The molecule has 3 unspecified atom stereocenters. The molecule has 1 fully saturated rings. The summed E-state index contributed by atoms with van der Waals surface area (Å²) in [7, 11) is 0. The Morgan fingerprint density at radius 2 is 2.46 bits per heavy atom. The first-order valence-corrected chi connectivity index (χ1v) is 6.14. The van der Waals surface area contributed by atoms with Crippen LogP contribution in [0.15, 0.2) is 0 Å². The zero-order chi connectivity index (χ0) is 9.68. The van der Waals surface area contributed by atoms with Gasteiger partial charge in [0.05, 0.1) is 0 Å². The minimum absolute atomic E-state index is 0.524. The lowest BCUT2D eigenvalue weighted by Gasteiger charge is -2.22. The van der Waals surface area contributed by atoms with Gasteiger partial charge in [-0.2, -0.15) is 11.8 Å². The molecule has 0 bridgehead atoms. The van der Waals surface area contributed by atoms with Crippen LogP contribution in [0.1, 0.15) is 33.1 Å². The van der Waals surface area contributed by atoms with Crippen LogP contribution >= 0.6 is 11.8 Å². The van der Waals surface area contributed by atoms with Gasteiger partial charge in [0.1, 0.15) is 0 Å². The van der Waals surface area contributed by atoms with E-state index >= 15 is 0 Å². The van der Waals surface area contributed by atoms with E-state index in [-0.39, 0.29) is 0 Å². The molecule has 1 aliphatic heterocycles. The van der Waals surface area contributed by atoms with E-state index < -0.39 is 0 Å². The summed E-state index contributed by atoms with van der Waals surface area (Å²) in [6.07, 6.45) is 8.62. The van der Waals surface area contributed by atoms with Crippen LogP contribution in [0.25, 0.3) is 0 Å². The Hall–Kier alpha value is -0.130. The molecule has 0 aromatic carbocycles. The van der Waals surface area contributed by atoms with Crippen LogP contribution in [-0.2, 0) is 0 Å². The zero-order valence-corrected chi connectivity index (χ0v) is 9.36. The molecule has 1 rings (SSSR count). The largest absolute Gasteiger partial charge is 0.309 e. The van der Waals surface area contributed by atoms with E-state index in [0.717, 1.165) is 18.1 Å². The van der Waals surface area contributed by atoms with E-state index in [2.05, 4.69) is 36.8 Å². The quantitative estimate of drug-likeness (QED) is 0.694. The highest BCUT2D eigenvalue weighted by atomic mass is 32.2. The van der Waals surface area contributed by atoms with Crippen molar-refractivity contribution in [1.82, 2.24) is 5.32 Å². The summed E-state index contributed by atoms with van der Waals surface area (Å²) in [5.41, 5.74) is 0. The second-order valence-corrected chi connectivity index (χ2v) is 5.14. The summed E-state index contributed by atoms with van der Waals surface area (Å²) in [5, 5.41) is 4.41. The average Bonchev–Trinajstić information content (AvgIpc) is 2.51. The van der Waals surface area contributed by atoms with Crippen LogP contribution in [0.5, 0.6) is 0 Å². The van der Waals surface area contributed by atoms with E-state index in [9.17, 15) is 0 Å². The van der Waals surface area contributed by atoms with Crippen LogP contribution in [0.4, 0.5) is 0 Å². The molecule has 1 heterocycles. The third-order valence-electron chi connectivity index (χ3n) is 2.68. The van der Waals surface area contributed by atoms with Crippen molar-refractivity contribution in [2.24, 2.45) is 0 Å². The summed E-state index contributed by atoms with van der Waals surface area (Å²) < 4.78 is 0. The van der Waals surface area contributed by atoms with Gasteiger partial charge in [0.25, 0.3) is 0 Å². The fourth-order valence-corrected chi connectivity index (χ4v) is 2.93. The second kappa shape index (κ2) is 5.57. The van der Waals surface area contributed by atoms with Gasteiger partial charge in [0.2, 0.25) is 0 Å². The van der Waals surface area contributed by atoms with Crippen molar-refractivity contribution in [2.45, 2.75) is 50.4 Å². The number of terminal acetylenes is 1. The monoisotopic (exact) mass is 197 g/mol. The Kier molecular flexibility index (Phi) is 4.69. The Morgan fingerprint density at radius 1 is 1.69 bits per heavy atom. The lowest BCUT2D eigenvalue weighted by molar-refractivity contribution is 0.420. The Morgan fingerprint density at radius 3 is 2.92 bits per heavy atom. The van der Waals surface area contributed by atoms with Crippen molar-refractivity contribution in [3.63, 3.8) is 0 Å². The maximum atomic E-state index is 5.32. The molecule has 0 amide bonds. The molecule has 3 atom stereocenters. The van der Waals surface area contributed by atoms with Crippen LogP contribution in [0.3, 0.4) is 0 Å². The van der Waals surface area contributed by atoms with Crippen LogP contribution in [-0.4, -0.2) is 23.1 Å². The van der Waals surface area contributed by atoms with Gasteiger partial charge in [-0.25, -0.2) is 0 Å². The molecule has 13 heavy (non-hydrogen) atoms.